The number of carbonyl (C=O) groups is 2. The van der Waals surface area contributed by atoms with Gasteiger partial charge in [-0.3, -0.25) is 4.79 Å². The molecule has 0 atom stereocenters. The van der Waals surface area contributed by atoms with Gasteiger partial charge in [0.1, 0.15) is 23.0 Å². The zero-order valence-electron chi connectivity index (χ0n) is 20.0. The molecular formula is C30H21ClN2O4S. The lowest BCUT2D eigenvalue weighted by Gasteiger charge is -2.10. The van der Waals surface area contributed by atoms with Crippen molar-refractivity contribution >= 4 is 51.1 Å². The van der Waals surface area contributed by atoms with Crippen LogP contribution in [0.1, 0.15) is 31.2 Å². The van der Waals surface area contributed by atoms with Crippen LogP contribution < -0.4 is 14.9 Å². The first-order valence-corrected chi connectivity index (χ1v) is 12.9. The Bertz CT molecular complexity index is 1630. The number of rotatable bonds is 8. The third-order valence-electron chi connectivity index (χ3n) is 5.54. The second-order valence-electron chi connectivity index (χ2n) is 8.17. The summed E-state index contributed by atoms with van der Waals surface area (Å²) >= 11 is 7.68. The van der Waals surface area contributed by atoms with Gasteiger partial charge in [0.2, 0.25) is 0 Å². The van der Waals surface area contributed by atoms with Gasteiger partial charge >= 0.3 is 5.97 Å². The molecule has 0 unspecified atom stereocenters. The molecule has 0 aliphatic heterocycles. The molecule has 8 heteroatoms. The molecule has 0 fully saturated rings. The Balaban J connectivity index is 1.22. The summed E-state index contributed by atoms with van der Waals surface area (Å²) in [5, 5.41) is 5.25. The van der Waals surface area contributed by atoms with E-state index >= 15 is 0 Å². The second kappa shape index (κ2) is 11.7. The van der Waals surface area contributed by atoms with Gasteiger partial charge in [-0.25, -0.2) is 10.2 Å². The number of esters is 1. The van der Waals surface area contributed by atoms with Gasteiger partial charge in [-0.05, 0) is 41.5 Å². The van der Waals surface area contributed by atoms with Crippen molar-refractivity contribution in [3.05, 3.63) is 130 Å². The molecule has 188 valence electrons. The third kappa shape index (κ3) is 5.91. The Kier molecular flexibility index (Phi) is 7.78. The zero-order chi connectivity index (χ0) is 26.3. The van der Waals surface area contributed by atoms with Gasteiger partial charge in [0.25, 0.3) is 5.91 Å². The summed E-state index contributed by atoms with van der Waals surface area (Å²) in [5.74, 6) is -0.158. The maximum absolute atomic E-state index is 12.8. The Morgan fingerprint density at radius 1 is 0.895 bits per heavy atom. The molecule has 1 N–H and O–H groups in total. The normalized spacial score (nSPS) is 11.0. The minimum Gasteiger partial charge on any atom is -0.488 e. The average molecular weight is 541 g/mol. The van der Waals surface area contributed by atoms with Crippen molar-refractivity contribution in [2.45, 2.75) is 6.61 Å². The number of carbonyl (C=O) groups excluding carboxylic acids is 2. The largest absolute Gasteiger partial charge is 0.488 e. The summed E-state index contributed by atoms with van der Waals surface area (Å²) in [6, 6.07) is 31.0. The molecule has 0 bridgehead atoms. The summed E-state index contributed by atoms with van der Waals surface area (Å²) in [6.07, 6.45) is 1.47. The SMILES string of the molecule is O=C(N/N=C/c1cccc(OC(=O)c2sc3ccccc3c2Cl)c1)c1ccccc1OCc1ccccc1. The Labute approximate surface area is 228 Å². The van der Waals surface area contributed by atoms with Gasteiger partial charge in [-0.2, -0.15) is 5.10 Å². The maximum Gasteiger partial charge on any atom is 0.355 e. The molecule has 5 rings (SSSR count). The fourth-order valence-electron chi connectivity index (χ4n) is 3.70. The molecule has 0 spiro atoms. The van der Waals surface area contributed by atoms with E-state index in [1.807, 2.05) is 54.6 Å². The third-order valence-corrected chi connectivity index (χ3v) is 7.19. The number of hydrogen-bond acceptors (Lipinski definition) is 6. The van der Waals surface area contributed by atoms with Crippen molar-refractivity contribution in [2.75, 3.05) is 0 Å². The van der Waals surface area contributed by atoms with E-state index < -0.39 is 11.9 Å². The first kappa shape index (κ1) is 25.2. The number of ether oxygens (including phenoxy) is 2. The lowest BCUT2D eigenvalue weighted by Crippen LogP contribution is -2.18. The Morgan fingerprint density at radius 3 is 2.50 bits per heavy atom. The average Bonchev–Trinajstić information content (AvgIpc) is 3.29. The zero-order valence-corrected chi connectivity index (χ0v) is 21.5. The summed E-state index contributed by atoms with van der Waals surface area (Å²) in [5.41, 5.74) is 4.51. The van der Waals surface area contributed by atoms with Crippen molar-refractivity contribution in [3.8, 4) is 11.5 Å². The van der Waals surface area contributed by atoms with Crippen LogP contribution in [0.3, 0.4) is 0 Å². The number of hydrogen-bond donors (Lipinski definition) is 1. The molecule has 5 aromatic rings. The highest BCUT2D eigenvalue weighted by atomic mass is 35.5. The summed E-state index contributed by atoms with van der Waals surface area (Å²) < 4.78 is 12.3. The minimum absolute atomic E-state index is 0.332. The topological polar surface area (TPSA) is 77.0 Å². The molecular weight excluding hydrogens is 520 g/mol. The predicted octanol–water partition coefficient (Wildman–Crippen LogP) is 7.12. The van der Waals surface area contributed by atoms with E-state index in [1.165, 1.54) is 17.6 Å². The van der Waals surface area contributed by atoms with Crippen LogP contribution >= 0.6 is 22.9 Å². The van der Waals surface area contributed by atoms with E-state index in [0.29, 0.717) is 39.1 Å². The number of thiophene rings is 1. The number of amides is 1. The molecule has 4 aromatic carbocycles. The summed E-state index contributed by atoms with van der Waals surface area (Å²) in [4.78, 5) is 25.8. The molecule has 1 aromatic heterocycles. The number of nitrogens with zero attached hydrogens (tertiary/aromatic N) is 1. The summed E-state index contributed by atoms with van der Waals surface area (Å²) in [6.45, 7) is 0.340. The van der Waals surface area contributed by atoms with Gasteiger partial charge in [0, 0.05) is 10.1 Å². The first-order chi connectivity index (χ1) is 18.6. The number of benzene rings is 4. The number of halogens is 1. The van der Waals surface area contributed by atoms with Crippen molar-refractivity contribution in [2.24, 2.45) is 5.10 Å². The fourth-order valence-corrected chi connectivity index (χ4v) is 5.08. The van der Waals surface area contributed by atoms with Crippen LogP contribution in [0.15, 0.2) is 108 Å². The lowest BCUT2D eigenvalue weighted by molar-refractivity contribution is 0.0739. The van der Waals surface area contributed by atoms with Crippen molar-refractivity contribution in [3.63, 3.8) is 0 Å². The predicted molar refractivity (Wildman–Crippen MR) is 151 cm³/mol. The molecule has 6 nitrogen and oxygen atoms in total. The molecule has 1 amide bonds. The Morgan fingerprint density at radius 2 is 1.66 bits per heavy atom. The summed E-state index contributed by atoms with van der Waals surface area (Å²) in [7, 11) is 0. The van der Waals surface area contributed by atoms with Gasteiger partial charge in [0.15, 0.2) is 0 Å². The van der Waals surface area contributed by atoms with Gasteiger partial charge in [-0.1, -0.05) is 84.4 Å². The van der Waals surface area contributed by atoms with Crippen LogP contribution in [0.2, 0.25) is 5.02 Å². The van der Waals surface area contributed by atoms with Crippen LogP contribution in [0, 0.1) is 0 Å². The van der Waals surface area contributed by atoms with Crippen LogP contribution in [0.4, 0.5) is 0 Å². The van der Waals surface area contributed by atoms with E-state index in [2.05, 4.69) is 10.5 Å². The van der Waals surface area contributed by atoms with Crippen molar-refractivity contribution < 1.29 is 19.1 Å². The highest BCUT2D eigenvalue weighted by molar-refractivity contribution is 7.21. The molecule has 0 saturated carbocycles. The quantitative estimate of drug-likeness (QED) is 0.0984. The highest BCUT2D eigenvalue weighted by Crippen LogP contribution is 2.35. The van der Waals surface area contributed by atoms with E-state index in [1.54, 1.807) is 48.5 Å². The molecule has 0 saturated heterocycles. The molecule has 0 radical (unpaired) electrons. The van der Waals surface area contributed by atoms with Gasteiger partial charge < -0.3 is 9.47 Å². The maximum atomic E-state index is 12.8. The van der Waals surface area contributed by atoms with Crippen LogP contribution in [0.25, 0.3) is 10.1 Å². The van der Waals surface area contributed by atoms with E-state index in [0.717, 1.165) is 15.6 Å². The minimum atomic E-state index is -0.536. The fraction of sp³-hybridized carbons (Fsp3) is 0.0333. The highest BCUT2D eigenvalue weighted by Gasteiger charge is 2.19. The second-order valence-corrected chi connectivity index (χ2v) is 9.60. The van der Waals surface area contributed by atoms with E-state index in [-0.39, 0.29) is 0 Å². The van der Waals surface area contributed by atoms with Crippen molar-refractivity contribution in [1.29, 1.82) is 0 Å². The van der Waals surface area contributed by atoms with Crippen LogP contribution in [-0.4, -0.2) is 18.1 Å². The number of nitrogens with one attached hydrogen (secondary N) is 1. The number of para-hydroxylation sites is 1. The lowest BCUT2D eigenvalue weighted by atomic mass is 10.2. The molecule has 0 aliphatic rings. The molecule has 1 heterocycles. The number of hydrazone groups is 1. The molecule has 0 aliphatic carbocycles. The number of fused-ring (bicyclic) bond motifs is 1. The van der Waals surface area contributed by atoms with Crippen LogP contribution in [0.5, 0.6) is 11.5 Å². The van der Waals surface area contributed by atoms with Crippen LogP contribution in [-0.2, 0) is 6.61 Å². The van der Waals surface area contributed by atoms with E-state index in [4.69, 9.17) is 21.1 Å². The standard InChI is InChI=1S/C30H21ClN2O4S/c31-27-24-14-5-7-16-26(24)38-28(27)30(35)37-22-12-8-11-21(17-22)18-32-33-29(34)23-13-4-6-15-25(23)36-19-20-9-2-1-3-10-20/h1-18H,19H2,(H,33,34)/b32-18+. The smallest absolute Gasteiger partial charge is 0.355 e. The van der Waals surface area contributed by atoms with Gasteiger partial charge in [-0.15, -0.1) is 11.3 Å². The Hall–Kier alpha value is -4.46. The monoisotopic (exact) mass is 540 g/mol. The van der Waals surface area contributed by atoms with Gasteiger partial charge in [0.05, 0.1) is 16.8 Å². The first-order valence-electron chi connectivity index (χ1n) is 11.7. The van der Waals surface area contributed by atoms with E-state index in [9.17, 15) is 9.59 Å². The van der Waals surface area contributed by atoms with Crippen molar-refractivity contribution in [1.82, 2.24) is 5.43 Å². The molecule has 38 heavy (non-hydrogen) atoms.